The number of nitrogens with zero attached hydrogens (tertiary/aromatic N) is 2. The van der Waals surface area contributed by atoms with Gasteiger partial charge in [-0.2, -0.15) is 0 Å². The second-order valence-electron chi connectivity index (χ2n) is 7.38. The van der Waals surface area contributed by atoms with Gasteiger partial charge in [0, 0.05) is 17.1 Å². The van der Waals surface area contributed by atoms with E-state index in [1.54, 1.807) is 6.92 Å². The molecule has 8 heteroatoms. The maximum absolute atomic E-state index is 12.3. The lowest BCUT2D eigenvalue weighted by Crippen LogP contribution is -2.30. The highest BCUT2D eigenvalue weighted by molar-refractivity contribution is 7.89. The van der Waals surface area contributed by atoms with Crippen LogP contribution in [-0.2, 0) is 10.0 Å². The van der Waals surface area contributed by atoms with E-state index in [-0.39, 0.29) is 5.69 Å². The molecule has 1 aliphatic carbocycles. The van der Waals surface area contributed by atoms with E-state index in [9.17, 15) is 13.2 Å². The Bertz CT molecular complexity index is 904. The highest BCUT2D eigenvalue weighted by Crippen LogP contribution is 2.33. The molecule has 1 heterocycles. The van der Waals surface area contributed by atoms with Gasteiger partial charge in [0.1, 0.15) is 5.69 Å². The SMILES string of the molecule is Cc1sc(N(CCCC2CCCC2)c2ccccc2)nc1C(=O)NS(C)(=O)=O. The minimum atomic E-state index is -3.62. The average molecular weight is 422 g/mol. The quantitative estimate of drug-likeness (QED) is 0.689. The van der Waals surface area contributed by atoms with Crippen LogP contribution in [0.15, 0.2) is 30.3 Å². The van der Waals surface area contributed by atoms with Crippen LogP contribution in [0.25, 0.3) is 0 Å². The standard InChI is InChI=1S/C20H27N3O3S2/c1-15-18(19(24)22-28(2,25)26)21-20(27-15)23(17-12-4-3-5-13-17)14-8-11-16-9-6-7-10-16/h3-5,12-13,16H,6-11,14H2,1-2H3,(H,22,24). The van der Waals surface area contributed by atoms with Crippen molar-refractivity contribution in [3.63, 3.8) is 0 Å². The van der Waals surface area contributed by atoms with Crippen molar-refractivity contribution in [2.75, 3.05) is 17.7 Å². The first-order chi connectivity index (χ1) is 13.3. The number of hydrogen-bond donors (Lipinski definition) is 1. The molecule has 152 valence electrons. The fourth-order valence-corrected chi connectivity index (χ4v) is 5.09. The minimum Gasteiger partial charge on any atom is -0.318 e. The number of aryl methyl sites for hydroxylation is 1. The third-order valence-electron chi connectivity index (χ3n) is 5.05. The summed E-state index contributed by atoms with van der Waals surface area (Å²) in [6.07, 6.45) is 8.58. The Morgan fingerprint density at radius 2 is 1.93 bits per heavy atom. The van der Waals surface area contributed by atoms with Crippen molar-refractivity contribution in [1.82, 2.24) is 9.71 Å². The zero-order valence-corrected chi connectivity index (χ0v) is 18.0. The molecule has 28 heavy (non-hydrogen) atoms. The summed E-state index contributed by atoms with van der Waals surface area (Å²) in [7, 11) is -3.62. The Kier molecular flexibility index (Phi) is 6.72. The van der Waals surface area contributed by atoms with Gasteiger partial charge in [0.05, 0.1) is 6.26 Å². The van der Waals surface area contributed by atoms with Gasteiger partial charge in [-0.15, -0.1) is 11.3 Å². The summed E-state index contributed by atoms with van der Waals surface area (Å²) in [6.45, 7) is 2.61. The molecule has 3 rings (SSSR count). The lowest BCUT2D eigenvalue weighted by molar-refractivity contribution is 0.0977. The number of hydrogen-bond acceptors (Lipinski definition) is 6. The lowest BCUT2D eigenvalue weighted by Gasteiger charge is -2.22. The predicted molar refractivity (Wildman–Crippen MR) is 114 cm³/mol. The van der Waals surface area contributed by atoms with E-state index < -0.39 is 15.9 Å². The molecule has 1 amide bonds. The number of thiazole rings is 1. The summed E-state index contributed by atoms with van der Waals surface area (Å²) in [4.78, 5) is 19.6. The van der Waals surface area contributed by atoms with Crippen molar-refractivity contribution in [3.8, 4) is 0 Å². The zero-order valence-electron chi connectivity index (χ0n) is 16.3. The third kappa shape index (κ3) is 5.54. The fraction of sp³-hybridized carbons (Fsp3) is 0.500. The monoisotopic (exact) mass is 421 g/mol. The van der Waals surface area contributed by atoms with Crippen LogP contribution in [0.3, 0.4) is 0 Å². The van der Waals surface area contributed by atoms with E-state index in [2.05, 4.69) is 9.88 Å². The minimum absolute atomic E-state index is 0.169. The maximum atomic E-state index is 12.3. The molecule has 1 saturated carbocycles. The Hall–Kier alpha value is -1.93. The highest BCUT2D eigenvalue weighted by Gasteiger charge is 2.22. The van der Waals surface area contributed by atoms with Gasteiger partial charge in [0.15, 0.2) is 5.13 Å². The molecule has 0 saturated heterocycles. The van der Waals surface area contributed by atoms with Gasteiger partial charge in [-0.3, -0.25) is 4.79 Å². The number of anilines is 2. The van der Waals surface area contributed by atoms with Gasteiger partial charge < -0.3 is 4.90 Å². The zero-order chi connectivity index (χ0) is 20.1. The van der Waals surface area contributed by atoms with Crippen LogP contribution in [0.4, 0.5) is 10.8 Å². The number of aromatic nitrogens is 1. The number of benzene rings is 1. The molecular weight excluding hydrogens is 394 g/mol. The van der Waals surface area contributed by atoms with Crippen LogP contribution in [0.2, 0.25) is 0 Å². The molecule has 0 atom stereocenters. The Morgan fingerprint density at radius 1 is 1.25 bits per heavy atom. The molecule has 2 aromatic rings. The van der Waals surface area contributed by atoms with Crippen molar-refractivity contribution in [2.45, 2.75) is 45.4 Å². The summed E-state index contributed by atoms with van der Waals surface area (Å²) in [5.41, 5.74) is 1.19. The van der Waals surface area contributed by atoms with Crippen LogP contribution >= 0.6 is 11.3 Å². The van der Waals surface area contributed by atoms with E-state index in [0.29, 0.717) is 10.0 Å². The largest absolute Gasteiger partial charge is 0.318 e. The molecule has 0 spiro atoms. The molecule has 1 fully saturated rings. The molecule has 1 aliphatic rings. The van der Waals surface area contributed by atoms with Crippen molar-refractivity contribution in [2.24, 2.45) is 5.92 Å². The molecule has 1 aromatic carbocycles. The Balaban J connectivity index is 1.79. The highest BCUT2D eigenvalue weighted by atomic mass is 32.2. The van der Waals surface area contributed by atoms with E-state index in [1.165, 1.54) is 43.4 Å². The molecule has 0 aliphatic heterocycles. The number of carbonyl (C=O) groups is 1. The molecule has 1 aromatic heterocycles. The summed E-state index contributed by atoms with van der Waals surface area (Å²) in [6, 6.07) is 10.00. The second kappa shape index (κ2) is 9.05. The lowest BCUT2D eigenvalue weighted by atomic mass is 10.0. The van der Waals surface area contributed by atoms with Crippen LogP contribution < -0.4 is 9.62 Å². The van der Waals surface area contributed by atoms with E-state index in [1.807, 2.05) is 35.1 Å². The van der Waals surface area contributed by atoms with E-state index >= 15 is 0 Å². The Labute approximate surface area is 171 Å². The summed E-state index contributed by atoms with van der Waals surface area (Å²) in [5.74, 6) is 0.147. The number of sulfonamides is 1. The van der Waals surface area contributed by atoms with Gasteiger partial charge in [-0.25, -0.2) is 18.1 Å². The molecule has 6 nitrogen and oxygen atoms in total. The van der Waals surface area contributed by atoms with Crippen LogP contribution in [0.1, 0.15) is 53.9 Å². The molecule has 0 radical (unpaired) electrons. The van der Waals surface area contributed by atoms with Crippen LogP contribution in [0, 0.1) is 12.8 Å². The normalized spacial score (nSPS) is 14.9. The third-order valence-corrected chi connectivity index (χ3v) is 6.60. The van der Waals surface area contributed by atoms with Gasteiger partial charge in [0.2, 0.25) is 10.0 Å². The van der Waals surface area contributed by atoms with Gasteiger partial charge >= 0.3 is 0 Å². The fourth-order valence-electron chi connectivity index (χ4n) is 3.71. The molecule has 1 N–H and O–H groups in total. The van der Waals surface area contributed by atoms with Crippen LogP contribution in [0.5, 0.6) is 0 Å². The van der Waals surface area contributed by atoms with Gasteiger partial charge in [0.25, 0.3) is 5.91 Å². The van der Waals surface area contributed by atoms with Crippen molar-refractivity contribution >= 4 is 38.1 Å². The molecular formula is C20H27N3O3S2. The topological polar surface area (TPSA) is 79.4 Å². The number of rotatable bonds is 8. The Morgan fingerprint density at radius 3 is 2.57 bits per heavy atom. The summed E-state index contributed by atoms with van der Waals surface area (Å²) in [5, 5.41) is 0.716. The number of carbonyl (C=O) groups excluding carboxylic acids is 1. The smallest absolute Gasteiger partial charge is 0.284 e. The molecule has 0 unspecified atom stereocenters. The second-order valence-corrected chi connectivity index (χ2v) is 10.3. The van der Waals surface area contributed by atoms with Crippen LogP contribution in [-0.4, -0.2) is 32.1 Å². The van der Waals surface area contributed by atoms with E-state index in [0.717, 1.165) is 30.8 Å². The van der Waals surface area contributed by atoms with E-state index in [4.69, 9.17) is 0 Å². The molecule has 0 bridgehead atoms. The maximum Gasteiger partial charge on any atom is 0.284 e. The summed E-state index contributed by atoms with van der Waals surface area (Å²) >= 11 is 1.41. The first-order valence-corrected chi connectivity index (χ1v) is 12.4. The van der Waals surface area contributed by atoms with Crippen molar-refractivity contribution < 1.29 is 13.2 Å². The number of nitrogens with one attached hydrogen (secondary N) is 1. The van der Waals surface area contributed by atoms with Crippen molar-refractivity contribution in [1.29, 1.82) is 0 Å². The predicted octanol–water partition coefficient (Wildman–Crippen LogP) is 4.25. The number of amides is 1. The summed E-state index contributed by atoms with van der Waals surface area (Å²) < 4.78 is 24.8. The van der Waals surface area contributed by atoms with Gasteiger partial charge in [-0.05, 0) is 37.8 Å². The first kappa shape index (κ1) is 20.8. The number of para-hydroxylation sites is 1. The van der Waals surface area contributed by atoms with Crippen molar-refractivity contribution in [3.05, 3.63) is 40.9 Å². The average Bonchev–Trinajstić information content (AvgIpc) is 3.27. The first-order valence-electron chi connectivity index (χ1n) is 9.65. The van der Waals surface area contributed by atoms with Gasteiger partial charge in [-0.1, -0.05) is 43.9 Å².